The van der Waals surface area contributed by atoms with E-state index < -0.39 is 36.3 Å². The zero-order chi connectivity index (χ0) is 15.4. The number of aliphatic hydroxyl groups is 2. The van der Waals surface area contributed by atoms with E-state index in [9.17, 15) is 15.0 Å². The molecule has 0 amide bonds. The Balaban J connectivity index is 2.02. The molecule has 0 saturated heterocycles. The number of hydrogen-bond acceptors (Lipinski definition) is 7. The van der Waals surface area contributed by atoms with Crippen molar-refractivity contribution in [2.75, 3.05) is 14.2 Å². The SMILES string of the molecule is CO[C@@H]1C(C(=O)OCc2ccco2)C[C@@H](OC)[C@@H](O)[C@H]1O. The van der Waals surface area contributed by atoms with Crippen molar-refractivity contribution in [1.29, 1.82) is 0 Å². The average molecular weight is 300 g/mol. The van der Waals surface area contributed by atoms with Crippen molar-refractivity contribution in [3.8, 4) is 0 Å². The lowest BCUT2D eigenvalue weighted by atomic mass is 9.80. The van der Waals surface area contributed by atoms with Gasteiger partial charge in [0, 0.05) is 14.2 Å². The number of aliphatic hydroxyl groups excluding tert-OH is 2. The van der Waals surface area contributed by atoms with Crippen LogP contribution in [0.4, 0.5) is 0 Å². The maximum absolute atomic E-state index is 12.2. The maximum atomic E-state index is 12.2. The molecule has 1 aliphatic rings. The number of rotatable bonds is 5. The van der Waals surface area contributed by atoms with E-state index in [0.29, 0.717) is 5.76 Å². The number of ether oxygens (including phenoxy) is 3. The summed E-state index contributed by atoms with van der Waals surface area (Å²) in [6, 6.07) is 3.39. The molecule has 7 nitrogen and oxygen atoms in total. The van der Waals surface area contributed by atoms with Gasteiger partial charge in [0.1, 0.15) is 24.6 Å². The third kappa shape index (κ3) is 3.44. The van der Waals surface area contributed by atoms with E-state index in [2.05, 4.69) is 0 Å². The predicted octanol–water partition coefficient (Wildman–Crippen LogP) is 0.0945. The molecule has 0 aliphatic heterocycles. The highest BCUT2D eigenvalue weighted by Crippen LogP contribution is 2.30. The topological polar surface area (TPSA) is 98.4 Å². The molecule has 21 heavy (non-hydrogen) atoms. The molecule has 1 aromatic heterocycles. The number of esters is 1. The first-order valence-corrected chi connectivity index (χ1v) is 6.69. The second kappa shape index (κ2) is 7.04. The smallest absolute Gasteiger partial charge is 0.312 e. The second-order valence-electron chi connectivity index (χ2n) is 4.98. The van der Waals surface area contributed by atoms with Gasteiger partial charge in [-0.25, -0.2) is 0 Å². The number of methoxy groups -OCH3 is 2. The standard InChI is InChI=1S/C14H20O7/c1-18-10-6-9(13(19-2)12(16)11(10)15)14(17)21-7-8-4-3-5-20-8/h3-5,9-13,15-16H,6-7H2,1-2H3/t9?,10-,11-,12-,13-/m1/s1. The number of carbonyl (C=O) groups excluding carboxylic acids is 1. The molecule has 118 valence electrons. The first kappa shape index (κ1) is 16.0. The highest BCUT2D eigenvalue weighted by atomic mass is 16.5. The van der Waals surface area contributed by atoms with E-state index in [1.807, 2.05) is 0 Å². The van der Waals surface area contributed by atoms with Crippen molar-refractivity contribution in [1.82, 2.24) is 0 Å². The second-order valence-corrected chi connectivity index (χ2v) is 4.98. The molecule has 0 aromatic carbocycles. The Morgan fingerprint density at radius 2 is 2.10 bits per heavy atom. The van der Waals surface area contributed by atoms with E-state index in [-0.39, 0.29) is 13.0 Å². The number of hydrogen-bond donors (Lipinski definition) is 2. The lowest BCUT2D eigenvalue weighted by Crippen LogP contribution is -2.56. The van der Waals surface area contributed by atoms with E-state index in [4.69, 9.17) is 18.6 Å². The van der Waals surface area contributed by atoms with Gasteiger partial charge in [-0.1, -0.05) is 0 Å². The first-order chi connectivity index (χ1) is 10.1. The Morgan fingerprint density at radius 3 is 2.67 bits per heavy atom. The zero-order valence-electron chi connectivity index (χ0n) is 12.0. The zero-order valence-corrected chi connectivity index (χ0v) is 12.0. The van der Waals surface area contributed by atoms with Crippen LogP contribution in [-0.2, 0) is 25.6 Å². The van der Waals surface area contributed by atoms with Crippen LogP contribution in [0.5, 0.6) is 0 Å². The quantitative estimate of drug-likeness (QED) is 0.744. The van der Waals surface area contributed by atoms with Gasteiger partial charge in [-0.2, -0.15) is 0 Å². The highest BCUT2D eigenvalue weighted by molar-refractivity contribution is 5.73. The Morgan fingerprint density at radius 1 is 1.33 bits per heavy atom. The van der Waals surface area contributed by atoms with Crippen molar-refractivity contribution in [2.45, 2.75) is 37.4 Å². The monoisotopic (exact) mass is 300 g/mol. The molecule has 1 fully saturated rings. The van der Waals surface area contributed by atoms with Crippen LogP contribution < -0.4 is 0 Å². The molecular weight excluding hydrogens is 280 g/mol. The normalized spacial score (nSPS) is 32.9. The molecule has 0 spiro atoms. The Kier molecular flexibility index (Phi) is 5.35. The molecule has 1 saturated carbocycles. The fourth-order valence-corrected chi connectivity index (χ4v) is 2.59. The van der Waals surface area contributed by atoms with Gasteiger partial charge in [-0.05, 0) is 18.6 Å². The van der Waals surface area contributed by atoms with Crippen molar-refractivity contribution >= 4 is 5.97 Å². The summed E-state index contributed by atoms with van der Waals surface area (Å²) in [6.07, 6.45) is -2.10. The largest absolute Gasteiger partial charge is 0.466 e. The van der Waals surface area contributed by atoms with Gasteiger partial charge in [0.15, 0.2) is 0 Å². The average Bonchev–Trinajstić information content (AvgIpc) is 3.00. The third-order valence-electron chi connectivity index (χ3n) is 3.76. The summed E-state index contributed by atoms with van der Waals surface area (Å²) in [7, 11) is 2.79. The lowest BCUT2D eigenvalue weighted by molar-refractivity contribution is -0.192. The van der Waals surface area contributed by atoms with Gasteiger partial charge in [0.05, 0.1) is 24.4 Å². The maximum Gasteiger partial charge on any atom is 0.312 e. The summed E-state index contributed by atoms with van der Waals surface area (Å²) < 4.78 is 20.5. The molecule has 2 rings (SSSR count). The van der Waals surface area contributed by atoms with Gasteiger partial charge in [0.2, 0.25) is 0 Å². The van der Waals surface area contributed by atoms with Crippen molar-refractivity contribution < 1.29 is 33.6 Å². The van der Waals surface area contributed by atoms with Crippen LogP contribution in [0, 0.1) is 5.92 Å². The molecule has 1 heterocycles. The van der Waals surface area contributed by atoms with Crippen LogP contribution >= 0.6 is 0 Å². The first-order valence-electron chi connectivity index (χ1n) is 6.69. The molecule has 1 unspecified atom stereocenters. The molecule has 0 radical (unpaired) electrons. The lowest BCUT2D eigenvalue weighted by Gasteiger charge is -2.40. The Labute approximate surface area is 122 Å². The molecule has 1 aliphatic carbocycles. The van der Waals surface area contributed by atoms with Gasteiger partial charge in [-0.3, -0.25) is 4.79 Å². The summed E-state index contributed by atoms with van der Waals surface area (Å²) in [5, 5.41) is 19.9. The molecule has 5 atom stereocenters. The van der Waals surface area contributed by atoms with Crippen LogP contribution in [0.15, 0.2) is 22.8 Å². The minimum absolute atomic E-state index is 0.00899. The van der Waals surface area contributed by atoms with Crippen LogP contribution in [0.1, 0.15) is 12.2 Å². The summed E-state index contributed by atoms with van der Waals surface area (Å²) in [4.78, 5) is 12.2. The summed E-state index contributed by atoms with van der Waals surface area (Å²) >= 11 is 0. The highest BCUT2D eigenvalue weighted by Gasteiger charge is 2.47. The van der Waals surface area contributed by atoms with Crippen LogP contribution in [0.2, 0.25) is 0 Å². The number of carbonyl (C=O) groups is 1. The van der Waals surface area contributed by atoms with Gasteiger partial charge in [-0.15, -0.1) is 0 Å². The van der Waals surface area contributed by atoms with Crippen molar-refractivity contribution in [2.24, 2.45) is 5.92 Å². The molecule has 2 N–H and O–H groups in total. The van der Waals surface area contributed by atoms with Gasteiger partial charge >= 0.3 is 5.97 Å². The molecule has 0 bridgehead atoms. The minimum atomic E-state index is -1.21. The van der Waals surface area contributed by atoms with E-state index in [1.165, 1.54) is 20.5 Å². The van der Waals surface area contributed by atoms with Crippen LogP contribution in [0.25, 0.3) is 0 Å². The molecule has 1 aromatic rings. The minimum Gasteiger partial charge on any atom is -0.466 e. The molecular formula is C14H20O7. The van der Waals surface area contributed by atoms with Crippen molar-refractivity contribution in [3.63, 3.8) is 0 Å². The summed E-state index contributed by atoms with van der Waals surface area (Å²) in [5.41, 5.74) is 0. The van der Waals surface area contributed by atoms with E-state index >= 15 is 0 Å². The number of furan rings is 1. The summed E-state index contributed by atoms with van der Waals surface area (Å²) in [6.45, 7) is 0.00899. The van der Waals surface area contributed by atoms with Gasteiger partial charge in [0.25, 0.3) is 0 Å². The Bertz CT molecular complexity index is 444. The van der Waals surface area contributed by atoms with E-state index in [1.54, 1.807) is 12.1 Å². The van der Waals surface area contributed by atoms with Gasteiger partial charge < -0.3 is 28.8 Å². The third-order valence-corrected chi connectivity index (χ3v) is 3.76. The van der Waals surface area contributed by atoms with Crippen LogP contribution in [0.3, 0.4) is 0 Å². The predicted molar refractivity (Wildman–Crippen MR) is 70.2 cm³/mol. The molecule has 7 heteroatoms. The van der Waals surface area contributed by atoms with Crippen molar-refractivity contribution in [3.05, 3.63) is 24.2 Å². The van der Waals surface area contributed by atoms with E-state index in [0.717, 1.165) is 0 Å². The van der Waals surface area contributed by atoms with Crippen LogP contribution in [-0.4, -0.2) is 54.8 Å². The fraction of sp³-hybridized carbons (Fsp3) is 0.643. The summed E-state index contributed by atoms with van der Waals surface area (Å²) in [5.74, 6) is -0.712. The fourth-order valence-electron chi connectivity index (χ4n) is 2.59. The Hall–Kier alpha value is -1.41.